The Bertz CT molecular complexity index is 876. The third-order valence-electron chi connectivity index (χ3n) is 3.95. The van der Waals surface area contributed by atoms with Gasteiger partial charge in [0.15, 0.2) is 10.9 Å². The number of ketones is 1. The molecule has 6 nitrogen and oxygen atoms in total. The molecule has 0 bridgehead atoms. The van der Waals surface area contributed by atoms with Crippen LogP contribution in [0.4, 0.5) is 5.69 Å². The maximum atomic E-state index is 12.4. The van der Waals surface area contributed by atoms with Gasteiger partial charge in [-0.2, -0.15) is 0 Å². The Morgan fingerprint density at radius 2 is 1.76 bits per heavy atom. The number of hydrogen-bond donors (Lipinski definition) is 2. The van der Waals surface area contributed by atoms with Gasteiger partial charge in [0.25, 0.3) is 5.69 Å². The lowest BCUT2D eigenvalue weighted by Crippen LogP contribution is -2.44. The quantitative estimate of drug-likeness (QED) is 0.499. The van der Waals surface area contributed by atoms with Gasteiger partial charge in [-0.1, -0.05) is 30.3 Å². The van der Waals surface area contributed by atoms with Gasteiger partial charge in [-0.05, 0) is 42.4 Å². The molecule has 0 fully saturated rings. The highest BCUT2D eigenvalue weighted by molar-refractivity contribution is 7.80. The van der Waals surface area contributed by atoms with Crippen LogP contribution in [-0.4, -0.2) is 15.8 Å². The van der Waals surface area contributed by atoms with Crippen LogP contribution in [0.1, 0.15) is 24.1 Å². The first kappa shape index (κ1) is 16.8. The number of hydrogen-bond acceptors (Lipinski definition) is 4. The van der Waals surface area contributed by atoms with Crippen molar-refractivity contribution in [3.63, 3.8) is 0 Å². The molecule has 1 heterocycles. The first-order chi connectivity index (χ1) is 12.0. The fourth-order valence-electron chi connectivity index (χ4n) is 2.81. The molecule has 0 unspecified atom stereocenters. The van der Waals surface area contributed by atoms with Crippen molar-refractivity contribution in [2.45, 2.75) is 13.0 Å². The second-order valence-corrected chi connectivity index (χ2v) is 6.00. The van der Waals surface area contributed by atoms with Crippen molar-refractivity contribution in [3.05, 3.63) is 81.4 Å². The van der Waals surface area contributed by atoms with Crippen molar-refractivity contribution in [1.82, 2.24) is 10.6 Å². The van der Waals surface area contributed by atoms with Gasteiger partial charge in [-0.25, -0.2) is 0 Å². The highest BCUT2D eigenvalue weighted by Crippen LogP contribution is 2.32. The van der Waals surface area contributed by atoms with Crippen LogP contribution in [0.2, 0.25) is 0 Å². The van der Waals surface area contributed by atoms with Gasteiger partial charge in [0.2, 0.25) is 0 Å². The lowest BCUT2D eigenvalue weighted by atomic mass is 9.90. The van der Waals surface area contributed by atoms with E-state index in [1.807, 2.05) is 30.3 Å². The van der Waals surface area contributed by atoms with Gasteiger partial charge in [0, 0.05) is 17.7 Å². The molecule has 0 radical (unpaired) electrons. The predicted octanol–water partition coefficient (Wildman–Crippen LogP) is 3.11. The predicted molar refractivity (Wildman–Crippen MR) is 98.7 cm³/mol. The number of nitrogens with zero attached hydrogens (tertiary/aromatic N) is 1. The van der Waals surface area contributed by atoms with Gasteiger partial charge >= 0.3 is 0 Å². The summed E-state index contributed by atoms with van der Waals surface area (Å²) >= 11 is 5.29. The van der Waals surface area contributed by atoms with Crippen LogP contribution >= 0.6 is 12.2 Å². The second kappa shape index (κ2) is 6.82. The standard InChI is InChI=1S/C18H15N3O3S/c1-11(22)15-16(12-5-3-2-4-6-12)19-18(25)20-17(15)13-7-9-14(10-8-13)21(23)24/h2-10,17H,1H3,(H2,19,20,25)/t17-/m0/s1. The number of rotatable bonds is 4. The minimum atomic E-state index is -0.470. The molecule has 2 N–H and O–H groups in total. The topological polar surface area (TPSA) is 84.3 Å². The smallest absolute Gasteiger partial charge is 0.269 e. The van der Waals surface area contributed by atoms with E-state index in [2.05, 4.69) is 10.6 Å². The first-order valence-electron chi connectivity index (χ1n) is 7.60. The van der Waals surface area contributed by atoms with E-state index in [0.29, 0.717) is 16.4 Å². The Morgan fingerprint density at radius 1 is 1.12 bits per heavy atom. The van der Waals surface area contributed by atoms with Crippen LogP contribution in [0.5, 0.6) is 0 Å². The Morgan fingerprint density at radius 3 is 2.32 bits per heavy atom. The van der Waals surface area contributed by atoms with Crippen molar-refractivity contribution < 1.29 is 9.72 Å². The van der Waals surface area contributed by atoms with E-state index in [9.17, 15) is 14.9 Å². The van der Waals surface area contributed by atoms with Gasteiger partial charge in [0.05, 0.1) is 16.7 Å². The molecule has 0 saturated carbocycles. The number of non-ortho nitro benzene ring substituents is 1. The SMILES string of the molecule is CC(=O)C1=C(c2ccccc2)NC(=S)N[C@H]1c1ccc([N+](=O)[O-])cc1. The summed E-state index contributed by atoms with van der Waals surface area (Å²) < 4.78 is 0. The number of benzene rings is 2. The zero-order chi connectivity index (χ0) is 18.0. The summed E-state index contributed by atoms with van der Waals surface area (Å²) in [5.41, 5.74) is 2.77. The van der Waals surface area contributed by atoms with Gasteiger partial charge < -0.3 is 10.6 Å². The van der Waals surface area contributed by atoms with Crippen molar-refractivity contribution in [2.24, 2.45) is 0 Å². The van der Waals surface area contributed by atoms with Gasteiger partial charge in [0.1, 0.15) is 0 Å². The van der Waals surface area contributed by atoms with Crippen molar-refractivity contribution in [2.75, 3.05) is 0 Å². The highest BCUT2D eigenvalue weighted by Gasteiger charge is 2.30. The van der Waals surface area contributed by atoms with Crippen LogP contribution in [-0.2, 0) is 4.79 Å². The first-order valence-corrected chi connectivity index (χ1v) is 8.00. The normalized spacial score (nSPS) is 16.8. The Hall–Kier alpha value is -3.06. The minimum absolute atomic E-state index is 0.00287. The molecule has 1 aliphatic heterocycles. The van der Waals surface area contributed by atoms with Crippen LogP contribution in [0.3, 0.4) is 0 Å². The fraction of sp³-hybridized carbons (Fsp3) is 0.111. The Balaban J connectivity index is 2.12. The molecule has 2 aromatic carbocycles. The summed E-state index contributed by atoms with van der Waals surface area (Å²) in [7, 11) is 0. The molecule has 0 aliphatic carbocycles. The maximum Gasteiger partial charge on any atom is 0.269 e. The van der Waals surface area contributed by atoms with Crippen LogP contribution < -0.4 is 10.6 Å². The van der Waals surface area contributed by atoms with Gasteiger partial charge in [-0.3, -0.25) is 14.9 Å². The average Bonchev–Trinajstić information content (AvgIpc) is 2.61. The molecule has 126 valence electrons. The summed E-state index contributed by atoms with van der Waals surface area (Å²) in [6.45, 7) is 1.49. The van der Waals surface area contributed by atoms with Crippen molar-refractivity contribution in [3.8, 4) is 0 Å². The summed E-state index contributed by atoms with van der Waals surface area (Å²) in [4.78, 5) is 22.7. The Labute approximate surface area is 149 Å². The Kier molecular flexibility index (Phi) is 4.58. The number of nitrogens with one attached hydrogen (secondary N) is 2. The fourth-order valence-corrected chi connectivity index (χ4v) is 3.03. The van der Waals surface area contributed by atoms with E-state index in [4.69, 9.17) is 12.2 Å². The highest BCUT2D eigenvalue weighted by atomic mass is 32.1. The second-order valence-electron chi connectivity index (χ2n) is 5.59. The van der Waals surface area contributed by atoms with Crippen LogP contribution in [0.25, 0.3) is 5.70 Å². The molecule has 0 spiro atoms. The van der Waals surface area contributed by atoms with E-state index >= 15 is 0 Å². The number of carbonyl (C=O) groups excluding carboxylic acids is 1. The molecular formula is C18H15N3O3S. The number of nitro benzene ring substituents is 1. The van der Waals surface area contributed by atoms with E-state index < -0.39 is 11.0 Å². The molecule has 3 rings (SSSR count). The minimum Gasteiger partial charge on any atom is -0.351 e. The molecule has 2 aromatic rings. The molecule has 25 heavy (non-hydrogen) atoms. The third-order valence-corrected chi connectivity index (χ3v) is 4.17. The molecule has 7 heteroatoms. The number of thiocarbonyl (C=S) groups is 1. The number of Topliss-reactive ketones (excluding diaryl/α,β-unsaturated/α-hetero) is 1. The zero-order valence-electron chi connectivity index (χ0n) is 13.4. The molecular weight excluding hydrogens is 338 g/mol. The van der Waals surface area contributed by atoms with Gasteiger partial charge in [-0.15, -0.1) is 0 Å². The number of carbonyl (C=O) groups is 1. The lowest BCUT2D eigenvalue weighted by Gasteiger charge is -2.31. The summed E-state index contributed by atoms with van der Waals surface area (Å²) in [5, 5.41) is 17.4. The number of nitro groups is 1. The van der Waals surface area contributed by atoms with E-state index in [-0.39, 0.29) is 11.5 Å². The van der Waals surface area contributed by atoms with E-state index in [1.165, 1.54) is 19.1 Å². The monoisotopic (exact) mass is 353 g/mol. The van der Waals surface area contributed by atoms with Crippen molar-refractivity contribution in [1.29, 1.82) is 0 Å². The molecule has 1 aliphatic rings. The lowest BCUT2D eigenvalue weighted by molar-refractivity contribution is -0.384. The maximum absolute atomic E-state index is 12.4. The molecule has 0 saturated heterocycles. The van der Waals surface area contributed by atoms with Crippen LogP contribution in [0, 0.1) is 10.1 Å². The van der Waals surface area contributed by atoms with E-state index in [0.717, 1.165) is 11.1 Å². The third kappa shape index (κ3) is 3.41. The zero-order valence-corrected chi connectivity index (χ0v) is 14.2. The molecule has 0 aromatic heterocycles. The van der Waals surface area contributed by atoms with Crippen molar-refractivity contribution >= 4 is 34.5 Å². The summed E-state index contributed by atoms with van der Waals surface area (Å²) in [5.74, 6) is -0.107. The largest absolute Gasteiger partial charge is 0.351 e. The average molecular weight is 353 g/mol. The van der Waals surface area contributed by atoms with E-state index in [1.54, 1.807) is 12.1 Å². The molecule has 0 amide bonds. The van der Waals surface area contributed by atoms with Crippen LogP contribution in [0.15, 0.2) is 60.2 Å². The summed E-state index contributed by atoms with van der Waals surface area (Å²) in [6.07, 6.45) is 0. The molecule has 1 atom stereocenters. The summed E-state index contributed by atoms with van der Waals surface area (Å²) in [6, 6.07) is 15.1.